The quantitative estimate of drug-likeness (QED) is 0.668. The van der Waals surface area contributed by atoms with E-state index < -0.39 is 0 Å². The Balaban J connectivity index is 1.94. The smallest absolute Gasteiger partial charge is 0.0474 e. The number of likely N-dealkylation sites (N-methyl/N-ethyl adjacent to an activating group) is 1. The van der Waals surface area contributed by atoms with Gasteiger partial charge in [0.1, 0.15) is 0 Å². The zero-order valence-corrected chi connectivity index (χ0v) is 11.1. The highest BCUT2D eigenvalue weighted by Gasteiger charge is 1.98. The van der Waals surface area contributed by atoms with Crippen LogP contribution in [0.3, 0.4) is 0 Å². The molecule has 92 valence electrons. The predicted molar refractivity (Wildman–Crippen MR) is 70.0 cm³/mol. The predicted octanol–water partition coefficient (Wildman–Crippen LogP) is 1.81. The fourth-order valence-electron chi connectivity index (χ4n) is 1.49. The van der Waals surface area contributed by atoms with E-state index in [4.69, 9.17) is 4.74 Å². The number of nitrogens with zero attached hydrogens (tertiary/aromatic N) is 1. The summed E-state index contributed by atoms with van der Waals surface area (Å²) in [4.78, 5) is 3.74. The van der Waals surface area contributed by atoms with Crippen LogP contribution in [0.15, 0.2) is 17.5 Å². The fourth-order valence-corrected chi connectivity index (χ4v) is 2.16. The number of nitrogens with one attached hydrogen (secondary N) is 1. The number of hydrogen-bond donors (Lipinski definition) is 1. The summed E-state index contributed by atoms with van der Waals surface area (Å²) in [5.41, 5.74) is 0. The minimum Gasteiger partial charge on any atom is -0.385 e. The van der Waals surface area contributed by atoms with Gasteiger partial charge in [0.25, 0.3) is 0 Å². The molecule has 0 amide bonds. The van der Waals surface area contributed by atoms with Gasteiger partial charge in [-0.05, 0) is 24.9 Å². The van der Waals surface area contributed by atoms with Crippen LogP contribution in [0.1, 0.15) is 11.3 Å². The maximum atomic E-state index is 5.03. The molecule has 1 aromatic rings. The Morgan fingerprint density at radius 2 is 2.31 bits per heavy atom. The molecule has 0 fully saturated rings. The van der Waals surface area contributed by atoms with Crippen molar-refractivity contribution in [3.05, 3.63) is 22.4 Å². The van der Waals surface area contributed by atoms with E-state index >= 15 is 0 Å². The van der Waals surface area contributed by atoms with E-state index in [0.29, 0.717) is 0 Å². The van der Waals surface area contributed by atoms with Crippen molar-refractivity contribution in [2.45, 2.75) is 13.0 Å². The standard InChI is InChI=1S/C12H22N2OS/c1-14(7-4-9-15-2)8-6-13-11-12-5-3-10-16-12/h3,5,10,13H,4,6-9,11H2,1-2H3. The molecular formula is C12H22N2OS. The Hall–Kier alpha value is -0.420. The molecular weight excluding hydrogens is 220 g/mol. The van der Waals surface area contributed by atoms with Crippen LogP contribution in [0.4, 0.5) is 0 Å². The summed E-state index contributed by atoms with van der Waals surface area (Å²) in [6.45, 7) is 5.08. The molecule has 0 aliphatic rings. The number of rotatable bonds is 9. The van der Waals surface area contributed by atoms with Crippen LogP contribution in [0.2, 0.25) is 0 Å². The van der Waals surface area contributed by atoms with Gasteiger partial charge in [0.15, 0.2) is 0 Å². The largest absolute Gasteiger partial charge is 0.385 e. The summed E-state index contributed by atoms with van der Waals surface area (Å²) in [5.74, 6) is 0. The number of ether oxygens (including phenoxy) is 1. The van der Waals surface area contributed by atoms with E-state index in [1.165, 1.54) is 4.88 Å². The molecule has 0 radical (unpaired) electrons. The lowest BCUT2D eigenvalue weighted by Crippen LogP contribution is -2.30. The van der Waals surface area contributed by atoms with Crippen LogP contribution >= 0.6 is 11.3 Å². The van der Waals surface area contributed by atoms with Crippen LogP contribution in [0, 0.1) is 0 Å². The summed E-state index contributed by atoms with van der Waals surface area (Å²) in [7, 11) is 3.91. The molecule has 16 heavy (non-hydrogen) atoms. The molecule has 0 unspecified atom stereocenters. The van der Waals surface area contributed by atoms with Crippen molar-refractivity contribution in [2.24, 2.45) is 0 Å². The molecule has 0 atom stereocenters. The van der Waals surface area contributed by atoms with E-state index in [1.807, 2.05) is 0 Å². The Bertz CT molecular complexity index is 252. The van der Waals surface area contributed by atoms with E-state index in [2.05, 4.69) is 34.8 Å². The lowest BCUT2D eigenvalue weighted by atomic mass is 10.4. The summed E-state index contributed by atoms with van der Waals surface area (Å²) in [6.07, 6.45) is 1.11. The third-order valence-corrected chi connectivity index (χ3v) is 3.31. The summed E-state index contributed by atoms with van der Waals surface area (Å²) in [5, 5.41) is 5.57. The first kappa shape index (κ1) is 13.6. The monoisotopic (exact) mass is 242 g/mol. The first-order valence-corrected chi connectivity index (χ1v) is 6.61. The van der Waals surface area contributed by atoms with Crippen LogP contribution in [0.25, 0.3) is 0 Å². The van der Waals surface area contributed by atoms with Crippen molar-refractivity contribution in [1.29, 1.82) is 0 Å². The second-order valence-electron chi connectivity index (χ2n) is 3.91. The van der Waals surface area contributed by atoms with E-state index in [0.717, 1.165) is 39.2 Å². The molecule has 0 aliphatic heterocycles. The maximum absolute atomic E-state index is 5.03. The minimum absolute atomic E-state index is 0.854. The topological polar surface area (TPSA) is 24.5 Å². The maximum Gasteiger partial charge on any atom is 0.0474 e. The first-order valence-electron chi connectivity index (χ1n) is 5.73. The van der Waals surface area contributed by atoms with Gasteiger partial charge in [-0.15, -0.1) is 11.3 Å². The highest BCUT2D eigenvalue weighted by molar-refractivity contribution is 7.09. The van der Waals surface area contributed by atoms with E-state index in [-0.39, 0.29) is 0 Å². The van der Waals surface area contributed by atoms with Gasteiger partial charge in [-0.2, -0.15) is 0 Å². The van der Waals surface area contributed by atoms with E-state index in [1.54, 1.807) is 18.4 Å². The molecule has 0 bridgehead atoms. The van der Waals surface area contributed by atoms with Gasteiger partial charge in [0.2, 0.25) is 0 Å². The van der Waals surface area contributed by atoms with Crippen molar-refractivity contribution in [3.63, 3.8) is 0 Å². The Kier molecular flexibility index (Phi) is 7.42. The molecule has 1 N–H and O–H groups in total. The SMILES string of the molecule is COCCCN(C)CCNCc1cccs1. The van der Waals surface area contributed by atoms with Crippen molar-refractivity contribution in [2.75, 3.05) is 40.4 Å². The van der Waals surface area contributed by atoms with Gasteiger partial charge in [-0.1, -0.05) is 6.07 Å². The van der Waals surface area contributed by atoms with Gasteiger partial charge in [0, 0.05) is 44.8 Å². The average molecular weight is 242 g/mol. The van der Waals surface area contributed by atoms with Crippen molar-refractivity contribution in [3.8, 4) is 0 Å². The summed E-state index contributed by atoms with van der Waals surface area (Å²) < 4.78 is 5.03. The Labute approximate surface area is 102 Å². The third-order valence-electron chi connectivity index (χ3n) is 2.44. The van der Waals surface area contributed by atoms with E-state index in [9.17, 15) is 0 Å². The number of hydrogen-bond acceptors (Lipinski definition) is 4. The van der Waals surface area contributed by atoms with Crippen molar-refractivity contribution in [1.82, 2.24) is 10.2 Å². The van der Waals surface area contributed by atoms with Crippen molar-refractivity contribution < 1.29 is 4.74 Å². The second-order valence-corrected chi connectivity index (χ2v) is 4.94. The highest BCUT2D eigenvalue weighted by atomic mass is 32.1. The molecule has 4 heteroatoms. The van der Waals surface area contributed by atoms with Crippen molar-refractivity contribution >= 4 is 11.3 Å². The lowest BCUT2D eigenvalue weighted by molar-refractivity contribution is 0.179. The number of thiophene rings is 1. The first-order chi connectivity index (χ1) is 7.83. The summed E-state index contributed by atoms with van der Waals surface area (Å²) >= 11 is 1.81. The van der Waals surface area contributed by atoms with Gasteiger partial charge in [0.05, 0.1) is 0 Å². The van der Waals surface area contributed by atoms with Crippen LogP contribution < -0.4 is 5.32 Å². The molecule has 3 nitrogen and oxygen atoms in total. The van der Waals surface area contributed by atoms with Gasteiger partial charge in [-0.3, -0.25) is 0 Å². The molecule has 0 aromatic carbocycles. The van der Waals surface area contributed by atoms with Gasteiger partial charge in [-0.25, -0.2) is 0 Å². The highest BCUT2D eigenvalue weighted by Crippen LogP contribution is 2.06. The van der Waals surface area contributed by atoms with Crippen LogP contribution in [-0.4, -0.2) is 45.3 Å². The molecule has 0 saturated carbocycles. The molecule has 0 spiro atoms. The third kappa shape index (κ3) is 6.23. The molecule has 1 aromatic heterocycles. The zero-order valence-electron chi connectivity index (χ0n) is 10.2. The van der Waals surface area contributed by atoms with Crippen LogP contribution in [-0.2, 0) is 11.3 Å². The zero-order chi connectivity index (χ0) is 11.6. The number of methoxy groups -OCH3 is 1. The fraction of sp³-hybridized carbons (Fsp3) is 0.667. The van der Waals surface area contributed by atoms with Crippen LogP contribution in [0.5, 0.6) is 0 Å². The second kappa shape index (κ2) is 8.70. The van der Waals surface area contributed by atoms with Gasteiger partial charge >= 0.3 is 0 Å². The Morgan fingerprint density at radius 1 is 1.44 bits per heavy atom. The molecule has 1 heterocycles. The molecule has 0 aliphatic carbocycles. The Morgan fingerprint density at radius 3 is 3.00 bits per heavy atom. The minimum atomic E-state index is 0.854. The molecule has 0 saturated heterocycles. The lowest BCUT2D eigenvalue weighted by Gasteiger charge is -2.16. The summed E-state index contributed by atoms with van der Waals surface area (Å²) in [6, 6.07) is 4.26. The van der Waals surface area contributed by atoms with Gasteiger partial charge < -0.3 is 15.0 Å². The average Bonchev–Trinajstić information content (AvgIpc) is 2.78. The normalized spacial score (nSPS) is 11.2. The molecule has 1 rings (SSSR count).